The quantitative estimate of drug-likeness (QED) is 0.547. The zero-order chi connectivity index (χ0) is 19.2. The molecular formula is C21H42O3. The van der Waals surface area contributed by atoms with Crippen LogP contribution < -0.4 is 0 Å². The summed E-state index contributed by atoms with van der Waals surface area (Å²) in [5.41, 5.74) is -1.02. The Morgan fingerprint density at radius 2 is 1.58 bits per heavy atom. The Balaban J connectivity index is 4.84. The van der Waals surface area contributed by atoms with Crippen molar-refractivity contribution >= 4 is 5.78 Å². The summed E-state index contributed by atoms with van der Waals surface area (Å²) in [5, 5.41) is 10.2. The van der Waals surface area contributed by atoms with E-state index in [1.54, 1.807) is 0 Å². The first kappa shape index (κ1) is 23.6. The highest BCUT2D eigenvalue weighted by atomic mass is 16.5. The van der Waals surface area contributed by atoms with Crippen LogP contribution in [0.5, 0.6) is 0 Å². The van der Waals surface area contributed by atoms with Crippen molar-refractivity contribution in [3.05, 3.63) is 0 Å². The van der Waals surface area contributed by atoms with Crippen LogP contribution in [-0.2, 0) is 9.53 Å². The van der Waals surface area contributed by atoms with Crippen molar-refractivity contribution in [1.82, 2.24) is 0 Å². The third-order valence-corrected chi connectivity index (χ3v) is 5.24. The van der Waals surface area contributed by atoms with Gasteiger partial charge in [-0.1, -0.05) is 61.8 Å². The SMILES string of the molecule is CCC(C)CC(O)COC(C)(CC)C(=O)C(C)(C)CCC(C)(C)C. The lowest BCUT2D eigenvalue weighted by atomic mass is 9.72. The van der Waals surface area contributed by atoms with Gasteiger partial charge in [-0.25, -0.2) is 0 Å². The Kier molecular flexibility index (Phi) is 9.17. The molecule has 0 spiro atoms. The van der Waals surface area contributed by atoms with Gasteiger partial charge in [0.05, 0.1) is 12.7 Å². The number of aliphatic hydroxyl groups excluding tert-OH is 1. The molecule has 0 aromatic carbocycles. The van der Waals surface area contributed by atoms with E-state index in [1.165, 1.54) is 0 Å². The molecule has 3 unspecified atom stereocenters. The van der Waals surface area contributed by atoms with Crippen molar-refractivity contribution in [3.8, 4) is 0 Å². The Bertz CT molecular complexity index is 381. The second kappa shape index (κ2) is 9.33. The van der Waals surface area contributed by atoms with E-state index in [4.69, 9.17) is 4.74 Å². The lowest BCUT2D eigenvalue weighted by Gasteiger charge is -2.37. The van der Waals surface area contributed by atoms with Gasteiger partial charge in [0.25, 0.3) is 0 Å². The summed E-state index contributed by atoms with van der Waals surface area (Å²) in [4.78, 5) is 13.1. The van der Waals surface area contributed by atoms with Crippen LogP contribution in [0, 0.1) is 16.7 Å². The van der Waals surface area contributed by atoms with Crippen molar-refractivity contribution in [1.29, 1.82) is 0 Å². The number of ether oxygens (including phenoxy) is 1. The molecule has 0 heterocycles. The molecular weight excluding hydrogens is 300 g/mol. The predicted octanol–water partition coefficient (Wildman–Crippen LogP) is 5.39. The number of hydrogen-bond acceptors (Lipinski definition) is 3. The van der Waals surface area contributed by atoms with Crippen molar-refractivity contribution in [2.45, 2.75) is 106 Å². The van der Waals surface area contributed by atoms with Crippen molar-refractivity contribution in [2.24, 2.45) is 16.7 Å². The first-order chi connectivity index (χ1) is 10.8. The highest BCUT2D eigenvalue weighted by molar-refractivity contribution is 5.91. The van der Waals surface area contributed by atoms with Crippen LogP contribution in [0.1, 0.15) is 94.4 Å². The first-order valence-electron chi connectivity index (χ1n) is 9.64. The fraction of sp³-hybridized carbons (Fsp3) is 0.952. The summed E-state index contributed by atoms with van der Waals surface area (Å²) in [6, 6.07) is 0. The summed E-state index contributed by atoms with van der Waals surface area (Å²) in [6.07, 6.45) is 3.74. The van der Waals surface area contributed by atoms with E-state index in [0.717, 1.165) is 25.7 Å². The topological polar surface area (TPSA) is 46.5 Å². The smallest absolute Gasteiger partial charge is 0.169 e. The van der Waals surface area contributed by atoms with E-state index < -0.39 is 17.1 Å². The van der Waals surface area contributed by atoms with Crippen LogP contribution in [-0.4, -0.2) is 29.2 Å². The van der Waals surface area contributed by atoms with E-state index >= 15 is 0 Å². The molecule has 0 radical (unpaired) electrons. The molecule has 1 N–H and O–H groups in total. The monoisotopic (exact) mass is 342 g/mol. The van der Waals surface area contributed by atoms with Gasteiger partial charge < -0.3 is 9.84 Å². The van der Waals surface area contributed by atoms with Gasteiger partial charge in [-0.2, -0.15) is 0 Å². The highest BCUT2D eigenvalue weighted by Gasteiger charge is 2.42. The van der Waals surface area contributed by atoms with Crippen molar-refractivity contribution < 1.29 is 14.6 Å². The summed E-state index contributed by atoms with van der Waals surface area (Å²) in [5.74, 6) is 0.618. The van der Waals surface area contributed by atoms with Gasteiger partial charge in [-0.15, -0.1) is 0 Å². The molecule has 24 heavy (non-hydrogen) atoms. The van der Waals surface area contributed by atoms with Gasteiger partial charge in [0.2, 0.25) is 0 Å². The lowest BCUT2D eigenvalue weighted by molar-refractivity contribution is -0.157. The van der Waals surface area contributed by atoms with E-state index in [9.17, 15) is 9.90 Å². The Labute approximate surface area is 150 Å². The highest BCUT2D eigenvalue weighted by Crippen LogP contribution is 2.36. The number of ketones is 1. The van der Waals surface area contributed by atoms with Crippen LogP contribution >= 0.6 is 0 Å². The summed E-state index contributed by atoms with van der Waals surface area (Å²) >= 11 is 0. The van der Waals surface area contributed by atoms with Crippen LogP contribution in [0.3, 0.4) is 0 Å². The van der Waals surface area contributed by atoms with E-state index in [2.05, 4.69) is 34.6 Å². The number of hydrogen-bond donors (Lipinski definition) is 1. The minimum Gasteiger partial charge on any atom is -0.391 e. The Hall–Kier alpha value is -0.410. The zero-order valence-corrected chi connectivity index (χ0v) is 17.7. The molecule has 0 bridgehead atoms. The second-order valence-corrected chi connectivity index (χ2v) is 9.57. The van der Waals surface area contributed by atoms with Crippen LogP contribution in [0.4, 0.5) is 0 Å². The maximum Gasteiger partial charge on any atom is 0.169 e. The van der Waals surface area contributed by atoms with Crippen molar-refractivity contribution in [3.63, 3.8) is 0 Å². The van der Waals surface area contributed by atoms with Gasteiger partial charge in [-0.3, -0.25) is 4.79 Å². The predicted molar refractivity (Wildman–Crippen MR) is 102 cm³/mol. The number of Topliss-reactive ketones (excluding diaryl/α,β-unsaturated/α-hetero) is 1. The van der Waals surface area contributed by atoms with Gasteiger partial charge in [0.1, 0.15) is 5.60 Å². The molecule has 3 heteroatoms. The molecule has 0 aliphatic rings. The summed E-state index contributed by atoms with van der Waals surface area (Å²) in [7, 11) is 0. The average molecular weight is 343 g/mol. The van der Waals surface area contributed by atoms with Gasteiger partial charge >= 0.3 is 0 Å². The van der Waals surface area contributed by atoms with Gasteiger partial charge in [-0.05, 0) is 43.9 Å². The second-order valence-electron chi connectivity index (χ2n) is 9.57. The summed E-state index contributed by atoms with van der Waals surface area (Å²) < 4.78 is 5.97. The normalized spacial score (nSPS) is 18.1. The Morgan fingerprint density at radius 3 is 2.00 bits per heavy atom. The molecule has 0 rings (SSSR count). The van der Waals surface area contributed by atoms with Gasteiger partial charge in [0, 0.05) is 5.41 Å². The maximum atomic E-state index is 13.1. The van der Waals surface area contributed by atoms with Crippen molar-refractivity contribution in [2.75, 3.05) is 6.61 Å². The molecule has 0 saturated carbocycles. The van der Waals surface area contributed by atoms with E-state index in [-0.39, 0.29) is 17.8 Å². The Morgan fingerprint density at radius 1 is 1.04 bits per heavy atom. The molecule has 0 aliphatic heterocycles. The number of carbonyl (C=O) groups excluding carboxylic acids is 1. The molecule has 0 aliphatic carbocycles. The van der Waals surface area contributed by atoms with Crippen LogP contribution in [0.2, 0.25) is 0 Å². The molecule has 0 aromatic heterocycles. The molecule has 0 saturated heterocycles. The molecule has 3 nitrogen and oxygen atoms in total. The molecule has 0 aromatic rings. The molecule has 0 amide bonds. The van der Waals surface area contributed by atoms with Gasteiger partial charge in [0.15, 0.2) is 5.78 Å². The third-order valence-electron chi connectivity index (χ3n) is 5.24. The fourth-order valence-electron chi connectivity index (χ4n) is 2.82. The van der Waals surface area contributed by atoms with Crippen LogP contribution in [0.15, 0.2) is 0 Å². The third kappa shape index (κ3) is 8.11. The largest absolute Gasteiger partial charge is 0.391 e. The van der Waals surface area contributed by atoms with E-state index in [1.807, 2.05) is 27.7 Å². The number of rotatable bonds is 11. The van der Waals surface area contributed by atoms with Crippen LogP contribution in [0.25, 0.3) is 0 Å². The number of aliphatic hydroxyl groups is 1. The molecule has 0 fully saturated rings. The lowest BCUT2D eigenvalue weighted by Crippen LogP contribution is -2.47. The summed E-state index contributed by atoms with van der Waals surface area (Å²) in [6.45, 7) is 19.0. The maximum absolute atomic E-state index is 13.1. The average Bonchev–Trinajstić information content (AvgIpc) is 2.49. The molecule has 3 atom stereocenters. The number of carbonyl (C=O) groups is 1. The standard InChI is InChI=1S/C21H42O3/c1-10-16(3)14-17(22)15-24-21(9,11-2)18(23)20(7,8)13-12-19(4,5)6/h16-17,22H,10-15H2,1-9H3. The first-order valence-corrected chi connectivity index (χ1v) is 9.64. The zero-order valence-electron chi connectivity index (χ0n) is 17.7. The van der Waals surface area contributed by atoms with E-state index in [0.29, 0.717) is 12.3 Å². The minimum absolute atomic E-state index is 0.150. The minimum atomic E-state index is -0.822. The molecule has 144 valence electrons. The fourth-order valence-corrected chi connectivity index (χ4v) is 2.82.